The predicted octanol–water partition coefficient (Wildman–Crippen LogP) is 1.83. The number of rotatable bonds is 4. The van der Waals surface area contributed by atoms with E-state index in [1.54, 1.807) is 0 Å². The first-order valence-electron chi connectivity index (χ1n) is 7.36. The molecule has 4 fully saturated rings. The highest BCUT2D eigenvalue weighted by Crippen LogP contribution is 2.59. The fourth-order valence-corrected chi connectivity index (χ4v) is 5.41. The molecule has 4 aliphatic rings. The second-order valence-corrected chi connectivity index (χ2v) is 7.04. The molecule has 0 aromatic carbocycles. The van der Waals surface area contributed by atoms with Crippen molar-refractivity contribution in [3.05, 3.63) is 12.2 Å². The van der Waals surface area contributed by atoms with E-state index in [-0.39, 0.29) is 0 Å². The molecule has 0 radical (unpaired) electrons. The number of hydrazine groups is 1. The minimum absolute atomic E-state index is 0.374. The van der Waals surface area contributed by atoms with Crippen LogP contribution in [-0.2, 0) is 0 Å². The van der Waals surface area contributed by atoms with Crippen molar-refractivity contribution in [1.29, 1.82) is 0 Å². The first-order chi connectivity index (χ1) is 8.54. The van der Waals surface area contributed by atoms with Crippen LogP contribution in [0, 0.1) is 29.6 Å². The SMILES string of the molecule is C=C(C)C(O)(CNN)C1C2CC3CC(C2)CC1C3. The van der Waals surface area contributed by atoms with Crippen molar-refractivity contribution in [2.45, 2.75) is 44.6 Å². The Morgan fingerprint density at radius 1 is 1.22 bits per heavy atom. The average molecular weight is 250 g/mol. The quantitative estimate of drug-likeness (QED) is 0.405. The van der Waals surface area contributed by atoms with Crippen molar-refractivity contribution in [3.63, 3.8) is 0 Å². The van der Waals surface area contributed by atoms with Crippen molar-refractivity contribution >= 4 is 0 Å². The van der Waals surface area contributed by atoms with E-state index in [0.717, 1.165) is 17.4 Å². The molecule has 1 atom stereocenters. The van der Waals surface area contributed by atoms with Gasteiger partial charge in [0.25, 0.3) is 0 Å². The molecule has 4 N–H and O–H groups in total. The van der Waals surface area contributed by atoms with E-state index in [4.69, 9.17) is 5.84 Å². The van der Waals surface area contributed by atoms with Crippen LogP contribution in [0.5, 0.6) is 0 Å². The standard InChI is InChI=1S/C15H26N2O/c1-9(2)15(18,8-17-16)14-12-4-10-3-11(6-12)7-13(14)5-10/h10-14,17-18H,1,3-8,16H2,2H3. The molecule has 0 aromatic heterocycles. The molecule has 0 aromatic rings. The lowest BCUT2D eigenvalue weighted by atomic mass is 9.48. The highest BCUT2D eigenvalue weighted by atomic mass is 16.3. The van der Waals surface area contributed by atoms with Gasteiger partial charge in [-0.15, -0.1) is 0 Å². The van der Waals surface area contributed by atoms with E-state index in [1.807, 2.05) is 6.92 Å². The first kappa shape index (κ1) is 12.6. The van der Waals surface area contributed by atoms with Crippen LogP contribution in [-0.4, -0.2) is 17.3 Å². The van der Waals surface area contributed by atoms with Crippen LogP contribution in [0.15, 0.2) is 12.2 Å². The monoisotopic (exact) mass is 250 g/mol. The van der Waals surface area contributed by atoms with E-state index >= 15 is 0 Å². The molecule has 102 valence electrons. The molecule has 1 unspecified atom stereocenters. The molecule has 18 heavy (non-hydrogen) atoms. The summed E-state index contributed by atoms with van der Waals surface area (Å²) in [6.45, 7) is 6.42. The van der Waals surface area contributed by atoms with Gasteiger partial charge in [0.05, 0.1) is 0 Å². The Bertz CT molecular complexity index is 326. The van der Waals surface area contributed by atoms with E-state index in [9.17, 15) is 5.11 Å². The minimum atomic E-state index is -0.808. The van der Waals surface area contributed by atoms with Crippen molar-refractivity contribution < 1.29 is 5.11 Å². The normalized spacial score (nSPS) is 44.9. The molecule has 4 aliphatic carbocycles. The van der Waals surface area contributed by atoms with Crippen LogP contribution in [0.4, 0.5) is 0 Å². The minimum Gasteiger partial charge on any atom is -0.384 e. The Hall–Kier alpha value is -0.380. The third kappa shape index (κ3) is 1.75. The van der Waals surface area contributed by atoms with Crippen LogP contribution < -0.4 is 11.3 Å². The van der Waals surface area contributed by atoms with Crippen molar-refractivity contribution in [2.24, 2.45) is 35.4 Å². The van der Waals surface area contributed by atoms with Gasteiger partial charge in [-0.05, 0) is 74.2 Å². The summed E-state index contributed by atoms with van der Waals surface area (Å²) in [5, 5.41) is 11.1. The zero-order valence-corrected chi connectivity index (χ0v) is 11.4. The van der Waals surface area contributed by atoms with Gasteiger partial charge in [0, 0.05) is 6.54 Å². The van der Waals surface area contributed by atoms with E-state index < -0.39 is 5.60 Å². The maximum absolute atomic E-state index is 11.1. The molecular formula is C15H26N2O. The maximum Gasteiger partial charge on any atom is 0.102 e. The van der Waals surface area contributed by atoms with Gasteiger partial charge in [-0.25, -0.2) is 0 Å². The molecule has 0 saturated heterocycles. The molecule has 0 amide bonds. The largest absolute Gasteiger partial charge is 0.384 e. The Kier molecular flexibility index (Phi) is 3.04. The van der Waals surface area contributed by atoms with Crippen molar-refractivity contribution in [3.8, 4) is 0 Å². The summed E-state index contributed by atoms with van der Waals surface area (Å²) < 4.78 is 0. The zero-order chi connectivity index (χ0) is 12.9. The Labute approximate surface area is 110 Å². The summed E-state index contributed by atoms with van der Waals surface area (Å²) in [5.74, 6) is 9.12. The number of aliphatic hydroxyl groups is 1. The fourth-order valence-electron chi connectivity index (χ4n) is 5.41. The molecule has 4 bridgehead atoms. The van der Waals surface area contributed by atoms with Crippen LogP contribution in [0.1, 0.15) is 39.0 Å². The Morgan fingerprint density at radius 3 is 2.11 bits per heavy atom. The van der Waals surface area contributed by atoms with Crippen molar-refractivity contribution in [1.82, 2.24) is 5.43 Å². The molecule has 4 saturated carbocycles. The Morgan fingerprint density at radius 2 is 1.72 bits per heavy atom. The summed E-state index contributed by atoms with van der Waals surface area (Å²) in [5.41, 5.74) is 2.75. The van der Waals surface area contributed by atoms with Crippen LogP contribution in [0.25, 0.3) is 0 Å². The number of nitrogens with two attached hydrogens (primary N) is 1. The highest BCUT2D eigenvalue weighted by Gasteiger charge is 2.55. The third-order valence-corrected chi connectivity index (χ3v) is 5.89. The first-order valence-corrected chi connectivity index (χ1v) is 7.36. The smallest absolute Gasteiger partial charge is 0.102 e. The van der Waals surface area contributed by atoms with Gasteiger partial charge in [-0.3, -0.25) is 11.3 Å². The van der Waals surface area contributed by atoms with Gasteiger partial charge >= 0.3 is 0 Å². The van der Waals surface area contributed by atoms with Crippen LogP contribution >= 0.6 is 0 Å². The lowest BCUT2D eigenvalue weighted by Gasteiger charge is -2.58. The summed E-state index contributed by atoms with van der Waals surface area (Å²) in [6, 6.07) is 0. The second kappa shape index (κ2) is 4.32. The van der Waals surface area contributed by atoms with E-state index in [1.165, 1.54) is 32.1 Å². The summed E-state index contributed by atoms with van der Waals surface area (Å²) in [6.07, 6.45) is 6.71. The number of hydrogen-bond donors (Lipinski definition) is 3. The topological polar surface area (TPSA) is 58.3 Å². The zero-order valence-electron chi connectivity index (χ0n) is 11.4. The predicted molar refractivity (Wildman–Crippen MR) is 72.5 cm³/mol. The molecule has 0 aliphatic heterocycles. The summed E-state index contributed by atoms with van der Waals surface area (Å²) >= 11 is 0. The molecule has 0 heterocycles. The number of nitrogens with one attached hydrogen (secondary N) is 1. The van der Waals surface area contributed by atoms with Crippen LogP contribution in [0.3, 0.4) is 0 Å². The second-order valence-electron chi connectivity index (χ2n) is 7.04. The van der Waals surface area contributed by atoms with Gasteiger partial charge in [0.2, 0.25) is 0 Å². The third-order valence-electron chi connectivity index (χ3n) is 5.89. The van der Waals surface area contributed by atoms with Gasteiger partial charge < -0.3 is 5.11 Å². The molecule has 3 heteroatoms. The molecular weight excluding hydrogens is 224 g/mol. The maximum atomic E-state index is 11.1. The highest BCUT2D eigenvalue weighted by molar-refractivity contribution is 5.18. The molecule has 3 nitrogen and oxygen atoms in total. The van der Waals surface area contributed by atoms with E-state index in [2.05, 4.69) is 12.0 Å². The Balaban J connectivity index is 1.88. The van der Waals surface area contributed by atoms with Crippen molar-refractivity contribution in [2.75, 3.05) is 6.54 Å². The van der Waals surface area contributed by atoms with Gasteiger partial charge in [0.1, 0.15) is 5.60 Å². The fraction of sp³-hybridized carbons (Fsp3) is 0.867. The van der Waals surface area contributed by atoms with E-state index in [0.29, 0.717) is 24.3 Å². The lowest BCUT2D eigenvalue weighted by Crippen LogP contribution is -2.59. The summed E-state index contributed by atoms with van der Waals surface area (Å²) in [7, 11) is 0. The lowest BCUT2D eigenvalue weighted by molar-refractivity contribution is -0.124. The van der Waals surface area contributed by atoms with Crippen LogP contribution in [0.2, 0.25) is 0 Å². The molecule has 0 spiro atoms. The van der Waals surface area contributed by atoms with Gasteiger partial charge in [0.15, 0.2) is 0 Å². The van der Waals surface area contributed by atoms with Gasteiger partial charge in [-0.1, -0.05) is 6.58 Å². The number of hydrogen-bond acceptors (Lipinski definition) is 3. The average Bonchev–Trinajstić information content (AvgIpc) is 2.27. The summed E-state index contributed by atoms with van der Waals surface area (Å²) in [4.78, 5) is 0. The molecule has 4 rings (SSSR count). The van der Waals surface area contributed by atoms with Gasteiger partial charge in [-0.2, -0.15) is 0 Å².